The molecule has 0 nitrogen and oxygen atoms in total. The van der Waals surface area contributed by atoms with Gasteiger partial charge >= 0.3 is 0 Å². The van der Waals surface area contributed by atoms with Crippen LogP contribution in [0.25, 0.3) is 0 Å². The summed E-state index contributed by atoms with van der Waals surface area (Å²) in [4.78, 5) is 0. The maximum atomic E-state index is 4.31. The molecule has 3 saturated carbocycles. The van der Waals surface area contributed by atoms with E-state index in [2.05, 4.69) is 27.4 Å². The SMILES string of the molecule is C=C1CCC2C1CCC(C)C1[C@@H]2C1(C)C. The lowest BCUT2D eigenvalue weighted by Crippen LogP contribution is -2.13. The van der Waals surface area contributed by atoms with E-state index in [9.17, 15) is 0 Å². The van der Waals surface area contributed by atoms with E-state index < -0.39 is 0 Å². The third-order valence-corrected chi connectivity index (χ3v) is 5.84. The quantitative estimate of drug-likeness (QED) is 0.517. The van der Waals surface area contributed by atoms with Crippen LogP contribution in [0.15, 0.2) is 12.2 Å². The topological polar surface area (TPSA) is 0 Å². The van der Waals surface area contributed by atoms with Crippen LogP contribution < -0.4 is 0 Å². The Labute approximate surface area is 94.1 Å². The summed E-state index contributed by atoms with van der Waals surface area (Å²) in [6, 6.07) is 0. The van der Waals surface area contributed by atoms with Gasteiger partial charge in [-0.15, -0.1) is 0 Å². The van der Waals surface area contributed by atoms with Gasteiger partial charge in [0.05, 0.1) is 0 Å². The zero-order chi connectivity index (χ0) is 10.8. The molecule has 0 saturated heterocycles. The highest BCUT2D eigenvalue weighted by Gasteiger charge is 2.64. The Bertz CT molecular complexity index is 299. The summed E-state index contributed by atoms with van der Waals surface area (Å²) in [5.41, 5.74) is 2.23. The number of allylic oxidation sites excluding steroid dienone is 1. The first-order chi connectivity index (χ1) is 7.03. The Morgan fingerprint density at radius 3 is 2.60 bits per heavy atom. The van der Waals surface area contributed by atoms with Crippen molar-refractivity contribution in [1.82, 2.24) is 0 Å². The van der Waals surface area contributed by atoms with Crippen LogP contribution in [0.1, 0.15) is 46.5 Å². The standard InChI is InChI=1S/C15H24/c1-9-5-8-12-11(9)7-6-10(2)13-14(12)15(13,3)4/h10-14H,1,5-8H2,2-4H3/t10?,11?,12?,13?,14-/m1/s1. The van der Waals surface area contributed by atoms with E-state index in [1.165, 1.54) is 25.7 Å². The fourth-order valence-corrected chi connectivity index (χ4v) is 5.13. The van der Waals surface area contributed by atoms with Gasteiger partial charge in [0.1, 0.15) is 0 Å². The van der Waals surface area contributed by atoms with Crippen LogP contribution in [0, 0.1) is 35.0 Å². The summed E-state index contributed by atoms with van der Waals surface area (Å²) in [7, 11) is 0. The summed E-state index contributed by atoms with van der Waals surface area (Å²) in [6.45, 7) is 11.8. The van der Waals surface area contributed by atoms with Crippen molar-refractivity contribution in [3.8, 4) is 0 Å². The van der Waals surface area contributed by atoms with Gasteiger partial charge in [-0.3, -0.25) is 0 Å². The summed E-state index contributed by atoms with van der Waals surface area (Å²) in [5, 5.41) is 0. The molecular formula is C15H24. The maximum Gasteiger partial charge on any atom is -0.0174 e. The molecule has 0 aromatic heterocycles. The highest BCUT2D eigenvalue weighted by Crippen LogP contribution is 2.70. The summed E-state index contributed by atoms with van der Waals surface area (Å²) >= 11 is 0. The van der Waals surface area contributed by atoms with Gasteiger partial charge in [-0.25, -0.2) is 0 Å². The number of hydrogen-bond acceptors (Lipinski definition) is 0. The lowest BCUT2D eigenvalue weighted by atomic mass is 9.83. The first-order valence-corrected chi connectivity index (χ1v) is 6.71. The smallest absolute Gasteiger partial charge is 0.0174 e. The Morgan fingerprint density at radius 2 is 1.87 bits per heavy atom. The van der Waals surface area contributed by atoms with Crippen molar-refractivity contribution in [2.75, 3.05) is 0 Å². The van der Waals surface area contributed by atoms with Crippen molar-refractivity contribution in [3.63, 3.8) is 0 Å². The molecule has 3 fully saturated rings. The fourth-order valence-electron chi connectivity index (χ4n) is 5.13. The van der Waals surface area contributed by atoms with Gasteiger partial charge in [0.2, 0.25) is 0 Å². The number of rotatable bonds is 0. The van der Waals surface area contributed by atoms with Gasteiger partial charge in [0.15, 0.2) is 0 Å². The Hall–Kier alpha value is -0.260. The minimum absolute atomic E-state index is 0.646. The molecule has 0 heteroatoms. The summed E-state index contributed by atoms with van der Waals surface area (Å²) in [6.07, 6.45) is 5.66. The molecule has 5 atom stereocenters. The van der Waals surface area contributed by atoms with Gasteiger partial charge in [-0.1, -0.05) is 32.9 Å². The first-order valence-electron chi connectivity index (χ1n) is 6.71. The van der Waals surface area contributed by atoms with Gasteiger partial charge < -0.3 is 0 Å². The Balaban J connectivity index is 1.91. The number of fused-ring (bicyclic) bond motifs is 3. The van der Waals surface area contributed by atoms with Gasteiger partial charge in [-0.2, -0.15) is 0 Å². The van der Waals surface area contributed by atoms with Crippen molar-refractivity contribution in [3.05, 3.63) is 12.2 Å². The second-order valence-electron chi connectivity index (χ2n) is 6.89. The second-order valence-corrected chi connectivity index (χ2v) is 6.89. The molecule has 0 aromatic carbocycles. The molecule has 3 aliphatic rings. The molecule has 0 spiro atoms. The normalized spacial score (nSPS) is 51.9. The van der Waals surface area contributed by atoms with Crippen molar-refractivity contribution in [2.45, 2.75) is 46.5 Å². The minimum atomic E-state index is 0.646. The van der Waals surface area contributed by atoms with Crippen LogP contribution in [-0.4, -0.2) is 0 Å². The van der Waals surface area contributed by atoms with Crippen LogP contribution in [0.4, 0.5) is 0 Å². The molecule has 84 valence electrons. The molecule has 0 heterocycles. The third-order valence-electron chi connectivity index (χ3n) is 5.84. The lowest BCUT2D eigenvalue weighted by molar-refractivity contribution is 0.310. The Morgan fingerprint density at radius 1 is 1.13 bits per heavy atom. The van der Waals surface area contributed by atoms with Crippen LogP contribution in [0.2, 0.25) is 0 Å². The molecule has 3 aliphatic carbocycles. The van der Waals surface area contributed by atoms with E-state index >= 15 is 0 Å². The monoisotopic (exact) mass is 204 g/mol. The molecule has 4 unspecified atom stereocenters. The van der Waals surface area contributed by atoms with Crippen LogP contribution >= 0.6 is 0 Å². The van der Waals surface area contributed by atoms with Gasteiger partial charge in [0.25, 0.3) is 0 Å². The summed E-state index contributed by atoms with van der Waals surface area (Å²) in [5.74, 6) is 4.91. The van der Waals surface area contributed by atoms with Crippen molar-refractivity contribution >= 4 is 0 Å². The highest BCUT2D eigenvalue weighted by molar-refractivity contribution is 5.19. The number of hydrogen-bond donors (Lipinski definition) is 0. The molecule has 0 radical (unpaired) electrons. The average molecular weight is 204 g/mol. The first kappa shape index (κ1) is 9.93. The van der Waals surface area contributed by atoms with Gasteiger partial charge in [0, 0.05) is 0 Å². The predicted molar refractivity (Wildman–Crippen MR) is 64.5 cm³/mol. The second kappa shape index (κ2) is 2.90. The molecule has 15 heavy (non-hydrogen) atoms. The van der Waals surface area contributed by atoms with Gasteiger partial charge in [-0.05, 0) is 60.7 Å². The van der Waals surface area contributed by atoms with Crippen molar-refractivity contribution < 1.29 is 0 Å². The molecular weight excluding hydrogens is 180 g/mol. The van der Waals surface area contributed by atoms with Crippen molar-refractivity contribution in [2.24, 2.45) is 35.0 Å². The molecule has 0 amide bonds. The van der Waals surface area contributed by atoms with E-state index in [0.29, 0.717) is 5.41 Å². The van der Waals surface area contributed by atoms with Crippen molar-refractivity contribution in [1.29, 1.82) is 0 Å². The highest BCUT2D eigenvalue weighted by atomic mass is 14.7. The van der Waals surface area contributed by atoms with E-state index in [4.69, 9.17) is 0 Å². The molecule has 0 N–H and O–H groups in total. The van der Waals surface area contributed by atoms with Crippen LogP contribution in [0.5, 0.6) is 0 Å². The van der Waals surface area contributed by atoms with Crippen LogP contribution in [0.3, 0.4) is 0 Å². The third kappa shape index (κ3) is 1.20. The minimum Gasteiger partial charge on any atom is -0.0996 e. The lowest BCUT2D eigenvalue weighted by Gasteiger charge is -2.21. The average Bonchev–Trinajstić information content (AvgIpc) is 2.61. The Kier molecular flexibility index (Phi) is 1.92. The maximum absolute atomic E-state index is 4.31. The van der Waals surface area contributed by atoms with E-state index in [0.717, 1.165) is 29.6 Å². The zero-order valence-electron chi connectivity index (χ0n) is 10.4. The van der Waals surface area contributed by atoms with E-state index in [1.54, 1.807) is 5.57 Å². The predicted octanol–water partition coefficient (Wildman–Crippen LogP) is 4.27. The molecule has 0 aromatic rings. The largest absolute Gasteiger partial charge is 0.0996 e. The van der Waals surface area contributed by atoms with E-state index in [1.807, 2.05) is 0 Å². The molecule has 3 rings (SSSR count). The van der Waals surface area contributed by atoms with Crippen LogP contribution in [-0.2, 0) is 0 Å². The molecule has 0 bridgehead atoms. The fraction of sp³-hybridized carbons (Fsp3) is 0.867. The zero-order valence-corrected chi connectivity index (χ0v) is 10.4. The van der Waals surface area contributed by atoms with E-state index in [-0.39, 0.29) is 0 Å². The summed E-state index contributed by atoms with van der Waals surface area (Å²) < 4.78 is 0. The molecule has 0 aliphatic heterocycles.